The Morgan fingerprint density at radius 2 is 1.68 bits per heavy atom. The second kappa shape index (κ2) is 6.08. The highest BCUT2D eigenvalue weighted by Crippen LogP contribution is 2.28. The summed E-state index contributed by atoms with van der Waals surface area (Å²) in [5.41, 5.74) is 0.927. The first-order valence-electron chi connectivity index (χ1n) is 7.57. The fourth-order valence-electron chi connectivity index (χ4n) is 2.86. The minimum atomic E-state index is -3.73. The first-order valence-corrected chi connectivity index (χ1v) is 9.05. The highest BCUT2D eigenvalue weighted by Gasteiger charge is 2.29. The summed E-state index contributed by atoms with van der Waals surface area (Å²) in [7, 11) is -3.73. The molecule has 0 unspecified atom stereocenters. The Hall–Kier alpha value is -1.88. The molecule has 116 valence electrons. The van der Waals surface area contributed by atoms with Crippen LogP contribution in [0.2, 0.25) is 0 Å². The zero-order valence-corrected chi connectivity index (χ0v) is 13.2. The normalized spacial score (nSPS) is 21.3. The Morgan fingerprint density at radius 1 is 1.00 bits per heavy atom. The second-order valence-electron chi connectivity index (χ2n) is 5.70. The van der Waals surface area contributed by atoms with Gasteiger partial charge >= 0.3 is 0 Å². The lowest BCUT2D eigenvalue weighted by Gasteiger charge is -2.18. The summed E-state index contributed by atoms with van der Waals surface area (Å²) >= 11 is 0. The van der Waals surface area contributed by atoms with Crippen molar-refractivity contribution in [3.8, 4) is 0 Å². The van der Waals surface area contributed by atoms with Crippen LogP contribution in [0.25, 0.3) is 0 Å². The minimum Gasteiger partial charge on any atom is -0.377 e. The van der Waals surface area contributed by atoms with Crippen molar-refractivity contribution in [2.45, 2.75) is 30.6 Å². The van der Waals surface area contributed by atoms with Crippen LogP contribution in [0, 0.1) is 0 Å². The molecule has 0 bridgehead atoms. The van der Waals surface area contributed by atoms with Crippen molar-refractivity contribution in [2.24, 2.45) is 0 Å². The van der Waals surface area contributed by atoms with Crippen molar-refractivity contribution in [1.29, 1.82) is 0 Å². The third-order valence-electron chi connectivity index (χ3n) is 4.06. The van der Waals surface area contributed by atoms with E-state index in [2.05, 4.69) is 4.90 Å². The Bertz CT molecular complexity index is 726. The molecule has 1 aliphatic carbocycles. The summed E-state index contributed by atoms with van der Waals surface area (Å²) in [6.07, 6.45) is 6.79. The summed E-state index contributed by atoms with van der Waals surface area (Å²) in [5, 5.41) is 0. The van der Waals surface area contributed by atoms with Gasteiger partial charge in [0.25, 0.3) is 0 Å². The molecule has 0 spiro atoms. The number of benzene rings is 1. The Labute approximate surface area is 131 Å². The number of allylic oxidation sites excluding steroid dienone is 3. The van der Waals surface area contributed by atoms with E-state index < -0.39 is 9.84 Å². The average molecular weight is 317 g/mol. The van der Waals surface area contributed by atoms with Crippen LogP contribution >= 0.6 is 0 Å². The van der Waals surface area contributed by atoms with Crippen molar-refractivity contribution >= 4 is 15.6 Å². The molecule has 0 saturated carbocycles. The number of hydrogen-bond acceptors (Lipinski definition) is 4. The van der Waals surface area contributed by atoms with Gasteiger partial charge in [0.2, 0.25) is 9.84 Å². The Kier molecular flexibility index (Phi) is 4.16. The molecule has 4 nitrogen and oxygen atoms in total. The quantitative estimate of drug-likeness (QED) is 0.860. The molecule has 2 aliphatic rings. The maximum atomic E-state index is 12.7. The van der Waals surface area contributed by atoms with Crippen molar-refractivity contribution < 1.29 is 13.2 Å². The van der Waals surface area contributed by atoms with Crippen molar-refractivity contribution in [3.63, 3.8) is 0 Å². The topological polar surface area (TPSA) is 54.5 Å². The Balaban J connectivity index is 1.96. The molecule has 0 radical (unpaired) electrons. The van der Waals surface area contributed by atoms with Gasteiger partial charge in [-0.15, -0.1) is 0 Å². The molecule has 0 amide bonds. The van der Waals surface area contributed by atoms with Gasteiger partial charge in [0.1, 0.15) is 4.91 Å². The maximum absolute atomic E-state index is 12.7. The van der Waals surface area contributed by atoms with Crippen LogP contribution in [0.4, 0.5) is 0 Å². The van der Waals surface area contributed by atoms with Crippen LogP contribution in [0.3, 0.4) is 0 Å². The summed E-state index contributed by atoms with van der Waals surface area (Å²) in [6, 6.07) is 8.15. The van der Waals surface area contributed by atoms with E-state index in [4.69, 9.17) is 0 Å². The van der Waals surface area contributed by atoms with E-state index >= 15 is 0 Å². The average Bonchev–Trinajstić information content (AvgIpc) is 3.03. The fourth-order valence-corrected chi connectivity index (χ4v) is 4.34. The molecule has 1 fully saturated rings. The van der Waals surface area contributed by atoms with Crippen molar-refractivity contribution in [3.05, 3.63) is 53.1 Å². The number of nitrogens with zero attached hydrogens (tertiary/aromatic N) is 1. The lowest BCUT2D eigenvalue weighted by molar-refractivity contribution is -0.115. The highest BCUT2D eigenvalue weighted by molar-refractivity contribution is 7.96. The molecule has 0 atom stereocenters. The van der Waals surface area contributed by atoms with E-state index in [0.717, 1.165) is 18.7 Å². The van der Waals surface area contributed by atoms with Gasteiger partial charge in [-0.1, -0.05) is 18.2 Å². The van der Waals surface area contributed by atoms with Crippen LogP contribution in [-0.4, -0.2) is 32.2 Å². The van der Waals surface area contributed by atoms with E-state index in [1.54, 1.807) is 24.3 Å². The SMILES string of the molecule is O=C1CC/C(=C\N2CCCC2)C=C1S(=O)(=O)c1ccccc1. The number of carbonyl (C=O) groups is 1. The molecule has 3 rings (SSSR count). The van der Waals surface area contributed by atoms with Crippen LogP contribution in [0.5, 0.6) is 0 Å². The van der Waals surface area contributed by atoms with Crippen LogP contribution < -0.4 is 0 Å². The first kappa shape index (κ1) is 15.0. The number of sulfone groups is 1. The van der Waals surface area contributed by atoms with E-state index in [9.17, 15) is 13.2 Å². The second-order valence-corrected chi connectivity index (χ2v) is 7.61. The van der Waals surface area contributed by atoms with Crippen LogP contribution in [0.15, 0.2) is 58.0 Å². The zero-order valence-electron chi connectivity index (χ0n) is 12.4. The number of ketones is 1. The zero-order chi connectivity index (χ0) is 15.6. The van der Waals surface area contributed by atoms with Gasteiger partial charge in [0, 0.05) is 25.7 Å². The smallest absolute Gasteiger partial charge is 0.210 e. The van der Waals surface area contributed by atoms with Gasteiger partial charge in [0.05, 0.1) is 4.90 Å². The number of rotatable bonds is 3. The lowest BCUT2D eigenvalue weighted by Crippen LogP contribution is -2.19. The summed E-state index contributed by atoms with van der Waals surface area (Å²) in [5.74, 6) is -0.289. The molecule has 5 heteroatoms. The number of Topliss-reactive ketones (excluding diaryl/α,β-unsaturated/α-hetero) is 1. The molecule has 1 saturated heterocycles. The van der Waals surface area contributed by atoms with E-state index in [1.165, 1.54) is 25.0 Å². The van der Waals surface area contributed by atoms with E-state index in [1.807, 2.05) is 6.20 Å². The predicted octanol–water partition coefficient (Wildman–Crippen LogP) is 2.69. The van der Waals surface area contributed by atoms with Gasteiger partial charge < -0.3 is 4.90 Å². The van der Waals surface area contributed by atoms with Crippen molar-refractivity contribution in [2.75, 3.05) is 13.1 Å². The standard InChI is InChI=1S/C17H19NO3S/c19-16-9-8-14(13-18-10-4-5-11-18)12-17(16)22(20,21)15-6-2-1-3-7-15/h1-3,6-7,12-13H,4-5,8-11H2/b14-13+. The molecule has 1 aliphatic heterocycles. The third kappa shape index (κ3) is 2.99. The van der Waals surface area contributed by atoms with E-state index in [-0.39, 0.29) is 22.0 Å². The third-order valence-corrected chi connectivity index (χ3v) is 5.88. The highest BCUT2D eigenvalue weighted by atomic mass is 32.2. The molecule has 1 heterocycles. The van der Waals surface area contributed by atoms with Gasteiger partial charge in [-0.2, -0.15) is 0 Å². The van der Waals surface area contributed by atoms with Crippen LogP contribution in [0.1, 0.15) is 25.7 Å². The molecule has 22 heavy (non-hydrogen) atoms. The molecule has 1 aromatic carbocycles. The van der Waals surface area contributed by atoms with Gasteiger partial charge in [-0.25, -0.2) is 8.42 Å². The maximum Gasteiger partial charge on any atom is 0.210 e. The molecular formula is C17H19NO3S. The van der Waals surface area contributed by atoms with Gasteiger partial charge in [-0.05, 0) is 43.0 Å². The van der Waals surface area contributed by atoms with Gasteiger partial charge in [-0.3, -0.25) is 4.79 Å². The van der Waals surface area contributed by atoms with Crippen LogP contribution in [-0.2, 0) is 14.6 Å². The molecule has 0 N–H and O–H groups in total. The predicted molar refractivity (Wildman–Crippen MR) is 84.8 cm³/mol. The number of carbonyl (C=O) groups excluding carboxylic acids is 1. The number of likely N-dealkylation sites (tertiary alicyclic amines) is 1. The largest absolute Gasteiger partial charge is 0.377 e. The summed E-state index contributed by atoms with van der Waals surface area (Å²) in [4.78, 5) is 14.4. The summed E-state index contributed by atoms with van der Waals surface area (Å²) < 4.78 is 25.3. The van der Waals surface area contributed by atoms with Crippen molar-refractivity contribution in [1.82, 2.24) is 4.90 Å². The summed E-state index contributed by atoms with van der Waals surface area (Å²) in [6.45, 7) is 2.01. The monoisotopic (exact) mass is 317 g/mol. The molecule has 0 aromatic heterocycles. The Morgan fingerprint density at radius 3 is 2.36 bits per heavy atom. The number of hydrogen-bond donors (Lipinski definition) is 0. The molecule has 1 aromatic rings. The lowest BCUT2D eigenvalue weighted by atomic mass is 10.0. The van der Waals surface area contributed by atoms with E-state index in [0.29, 0.717) is 6.42 Å². The van der Waals surface area contributed by atoms with Gasteiger partial charge in [0.15, 0.2) is 5.78 Å². The molecular weight excluding hydrogens is 298 g/mol. The first-order chi connectivity index (χ1) is 10.6. The fraction of sp³-hybridized carbons (Fsp3) is 0.353. The minimum absolute atomic E-state index is 0.0737.